The van der Waals surface area contributed by atoms with Gasteiger partial charge in [0.15, 0.2) is 0 Å². The third-order valence-corrected chi connectivity index (χ3v) is 3.47. The number of carboxylic acid groups (broad SMARTS) is 1. The number of anilines is 2. The molecule has 2 aromatic carbocycles. The van der Waals surface area contributed by atoms with Crippen molar-refractivity contribution in [1.29, 1.82) is 5.26 Å². The summed E-state index contributed by atoms with van der Waals surface area (Å²) < 4.78 is 0. The number of rotatable bonds is 6. The quantitative estimate of drug-likeness (QED) is 0.624. The average molecular weight is 335 g/mol. The van der Waals surface area contributed by atoms with E-state index in [1.165, 1.54) is 30.5 Å². The molecule has 1 amide bonds. The Hall–Kier alpha value is -3.59. The van der Waals surface area contributed by atoms with Crippen LogP contribution >= 0.6 is 0 Å². The van der Waals surface area contributed by atoms with Crippen LogP contribution in [-0.2, 0) is 4.79 Å². The van der Waals surface area contributed by atoms with Gasteiger partial charge in [0, 0.05) is 24.1 Å². The molecule has 0 aromatic heterocycles. The number of nitrogens with one attached hydrogen (secondary N) is 1. The number of amides is 1. The molecule has 6 heteroatoms. The van der Waals surface area contributed by atoms with Gasteiger partial charge in [-0.25, -0.2) is 4.79 Å². The van der Waals surface area contributed by atoms with Crippen LogP contribution in [-0.4, -0.2) is 23.5 Å². The lowest BCUT2D eigenvalue weighted by Gasteiger charge is -2.18. The molecule has 0 aliphatic rings. The summed E-state index contributed by atoms with van der Waals surface area (Å²) >= 11 is 0. The molecule has 25 heavy (non-hydrogen) atoms. The Labute approximate surface area is 145 Å². The second kappa shape index (κ2) is 8.31. The highest BCUT2D eigenvalue weighted by atomic mass is 16.4. The Kier molecular flexibility index (Phi) is 5.91. The first-order valence-corrected chi connectivity index (χ1v) is 7.63. The van der Waals surface area contributed by atoms with Crippen molar-refractivity contribution < 1.29 is 14.7 Å². The lowest BCUT2D eigenvalue weighted by molar-refractivity contribution is -0.112. The zero-order valence-electron chi connectivity index (χ0n) is 13.6. The van der Waals surface area contributed by atoms with E-state index in [1.54, 1.807) is 4.90 Å². The van der Waals surface area contributed by atoms with Gasteiger partial charge in [-0.2, -0.15) is 5.26 Å². The van der Waals surface area contributed by atoms with Crippen LogP contribution in [0.4, 0.5) is 11.4 Å². The minimum Gasteiger partial charge on any atom is -0.478 e. The molecule has 0 aliphatic heterocycles. The van der Waals surface area contributed by atoms with Crippen molar-refractivity contribution in [2.24, 2.45) is 0 Å². The van der Waals surface area contributed by atoms with Gasteiger partial charge in [0.2, 0.25) is 0 Å². The molecule has 2 rings (SSSR count). The first-order valence-electron chi connectivity index (χ1n) is 7.63. The van der Waals surface area contributed by atoms with Gasteiger partial charge in [0.05, 0.1) is 5.56 Å². The number of carbonyl (C=O) groups is 2. The highest BCUT2D eigenvalue weighted by Gasteiger charge is 2.12. The number of hydrogen-bond donors (Lipinski definition) is 2. The molecule has 0 radical (unpaired) electrons. The Bertz CT molecular complexity index is 821. The Morgan fingerprint density at radius 1 is 1.16 bits per heavy atom. The van der Waals surface area contributed by atoms with Gasteiger partial charge >= 0.3 is 5.97 Å². The molecule has 0 atom stereocenters. The maximum atomic E-state index is 12.3. The number of nitrogens with zero attached hydrogens (tertiary/aromatic N) is 2. The normalized spacial score (nSPS) is 10.6. The van der Waals surface area contributed by atoms with Gasteiger partial charge in [-0.05, 0) is 43.3 Å². The van der Waals surface area contributed by atoms with Crippen LogP contribution in [0.3, 0.4) is 0 Å². The van der Waals surface area contributed by atoms with Crippen LogP contribution in [0.2, 0.25) is 0 Å². The van der Waals surface area contributed by atoms with E-state index in [4.69, 9.17) is 5.11 Å². The number of para-hydroxylation sites is 1. The smallest absolute Gasteiger partial charge is 0.335 e. The monoisotopic (exact) mass is 335 g/mol. The zero-order chi connectivity index (χ0) is 18.2. The number of carbonyl (C=O) groups excluding carboxylic acids is 1. The van der Waals surface area contributed by atoms with Gasteiger partial charge in [-0.15, -0.1) is 0 Å². The van der Waals surface area contributed by atoms with Gasteiger partial charge in [0.25, 0.3) is 5.91 Å². The predicted octanol–water partition coefficient (Wildman–Crippen LogP) is 3.26. The molecule has 2 aromatic rings. The summed E-state index contributed by atoms with van der Waals surface area (Å²) in [6.07, 6.45) is 1.50. The molecule has 0 saturated carbocycles. The van der Waals surface area contributed by atoms with E-state index in [9.17, 15) is 14.9 Å². The number of nitriles is 1. The van der Waals surface area contributed by atoms with Crippen molar-refractivity contribution in [2.75, 3.05) is 16.8 Å². The maximum Gasteiger partial charge on any atom is 0.335 e. The third kappa shape index (κ3) is 4.69. The van der Waals surface area contributed by atoms with Crippen LogP contribution in [0, 0.1) is 11.3 Å². The third-order valence-electron chi connectivity index (χ3n) is 3.47. The van der Waals surface area contributed by atoms with Crippen LogP contribution in [0.25, 0.3) is 0 Å². The number of benzene rings is 2. The van der Waals surface area contributed by atoms with Crippen molar-refractivity contribution >= 4 is 23.3 Å². The van der Waals surface area contributed by atoms with Crippen LogP contribution in [0.15, 0.2) is 66.4 Å². The van der Waals surface area contributed by atoms with Crippen molar-refractivity contribution in [2.45, 2.75) is 6.92 Å². The van der Waals surface area contributed by atoms with E-state index in [0.29, 0.717) is 12.2 Å². The van der Waals surface area contributed by atoms with Gasteiger partial charge in [-0.3, -0.25) is 4.79 Å². The van der Waals surface area contributed by atoms with Crippen LogP contribution < -0.4 is 10.2 Å². The number of hydrogen-bond acceptors (Lipinski definition) is 4. The van der Waals surface area contributed by atoms with Crippen molar-refractivity contribution in [3.05, 3.63) is 71.9 Å². The summed E-state index contributed by atoms with van der Waals surface area (Å²) in [6.45, 7) is 2.51. The fourth-order valence-corrected chi connectivity index (χ4v) is 2.16. The lowest BCUT2D eigenvalue weighted by Crippen LogP contribution is -2.20. The molecule has 0 aliphatic carbocycles. The number of carboxylic acids is 1. The fourth-order valence-electron chi connectivity index (χ4n) is 2.16. The topological polar surface area (TPSA) is 93.4 Å². The second-order valence-electron chi connectivity index (χ2n) is 5.11. The number of aromatic carboxylic acids is 1. The Morgan fingerprint density at radius 2 is 1.80 bits per heavy atom. The summed E-state index contributed by atoms with van der Waals surface area (Å²) in [5.74, 6) is -1.60. The lowest BCUT2D eigenvalue weighted by atomic mass is 10.2. The highest BCUT2D eigenvalue weighted by molar-refractivity contribution is 6.07. The zero-order valence-corrected chi connectivity index (χ0v) is 13.6. The van der Waals surface area contributed by atoms with Crippen molar-refractivity contribution in [3.63, 3.8) is 0 Å². The van der Waals surface area contributed by atoms with Crippen molar-refractivity contribution in [1.82, 2.24) is 0 Å². The first-order chi connectivity index (χ1) is 12.0. The molecule has 2 N–H and O–H groups in total. The predicted molar refractivity (Wildman–Crippen MR) is 95.2 cm³/mol. The summed E-state index contributed by atoms with van der Waals surface area (Å²) in [4.78, 5) is 24.9. The molecular weight excluding hydrogens is 318 g/mol. The molecule has 0 unspecified atom stereocenters. The van der Waals surface area contributed by atoms with Crippen molar-refractivity contribution in [3.8, 4) is 6.07 Å². The summed E-state index contributed by atoms with van der Waals surface area (Å²) in [5, 5.41) is 20.8. The standard InChI is InChI=1S/C19H17N3O3/c1-2-22(17-6-4-3-5-7-17)13-15(12-20)18(23)21-16-10-8-14(9-11-16)19(24)25/h3-11,13H,2H2,1H3,(H,21,23)(H,24,25)/b15-13-. The van der Waals surface area contributed by atoms with Crippen LogP contribution in [0.1, 0.15) is 17.3 Å². The van der Waals surface area contributed by atoms with E-state index in [2.05, 4.69) is 5.32 Å². The minimum absolute atomic E-state index is 0.0481. The minimum atomic E-state index is -1.04. The molecule has 126 valence electrons. The average Bonchev–Trinajstić information content (AvgIpc) is 2.63. The first kappa shape index (κ1) is 17.8. The summed E-state index contributed by atoms with van der Waals surface area (Å²) in [5.41, 5.74) is 1.36. The summed E-state index contributed by atoms with van der Waals surface area (Å²) in [6, 6.07) is 17.0. The van der Waals surface area contributed by atoms with E-state index in [0.717, 1.165) is 5.69 Å². The molecule has 0 heterocycles. The molecule has 0 spiro atoms. The molecule has 0 bridgehead atoms. The SMILES string of the molecule is CCN(/C=C(/C#N)C(=O)Nc1ccc(C(=O)O)cc1)c1ccccc1. The Balaban J connectivity index is 2.17. The molecule has 0 saturated heterocycles. The van der Waals surface area contributed by atoms with Gasteiger partial charge in [0.1, 0.15) is 11.6 Å². The highest BCUT2D eigenvalue weighted by Crippen LogP contribution is 2.16. The Morgan fingerprint density at radius 3 is 2.32 bits per heavy atom. The van der Waals surface area contributed by atoms with E-state index < -0.39 is 11.9 Å². The van der Waals surface area contributed by atoms with Gasteiger partial charge in [-0.1, -0.05) is 18.2 Å². The second-order valence-corrected chi connectivity index (χ2v) is 5.11. The largest absolute Gasteiger partial charge is 0.478 e. The molecule has 0 fully saturated rings. The molecular formula is C19H17N3O3. The van der Waals surface area contributed by atoms with E-state index >= 15 is 0 Å². The van der Waals surface area contributed by atoms with E-state index in [-0.39, 0.29) is 11.1 Å². The maximum absolute atomic E-state index is 12.3. The summed E-state index contributed by atoms with van der Waals surface area (Å²) in [7, 11) is 0. The van der Waals surface area contributed by atoms with Crippen LogP contribution in [0.5, 0.6) is 0 Å². The fraction of sp³-hybridized carbons (Fsp3) is 0.105. The van der Waals surface area contributed by atoms with E-state index in [1.807, 2.05) is 43.3 Å². The van der Waals surface area contributed by atoms with Gasteiger partial charge < -0.3 is 15.3 Å². The molecule has 6 nitrogen and oxygen atoms in total.